The highest BCUT2D eigenvalue weighted by atomic mass is 16.6. The third kappa shape index (κ3) is 3.77. The molecule has 2 heterocycles. The molecule has 0 N–H and O–H groups in total. The number of carbonyl (C=O) groups is 2. The summed E-state index contributed by atoms with van der Waals surface area (Å²) in [6.07, 6.45) is 3.61. The van der Waals surface area contributed by atoms with Crippen molar-refractivity contribution in [2.24, 2.45) is 5.92 Å². The van der Waals surface area contributed by atoms with Crippen LogP contribution >= 0.6 is 0 Å². The average Bonchev–Trinajstić information content (AvgIpc) is 3.51. The summed E-state index contributed by atoms with van der Waals surface area (Å²) >= 11 is 0. The molecule has 3 rings (SSSR count). The van der Waals surface area contributed by atoms with Crippen molar-refractivity contribution < 1.29 is 28.5 Å². The standard InChI is InChI=1S/C20H31NO6/c1-12(2)7-8-14-19(3,27-14)16-15(24-6)13(9-10-20(16)11-25-20)26-18(23)17(22)21(4)5/h7,13-16H,8-11H2,1-6H3/t13-,14-,15-,16-,19?,20+/m1/s1. The predicted molar refractivity (Wildman–Crippen MR) is 98.1 cm³/mol. The second-order valence-corrected chi connectivity index (χ2v) is 8.52. The molecular weight excluding hydrogens is 350 g/mol. The smallest absolute Gasteiger partial charge is 0.397 e. The minimum Gasteiger partial charge on any atom is -0.452 e. The minimum atomic E-state index is -0.846. The van der Waals surface area contributed by atoms with E-state index >= 15 is 0 Å². The number of rotatable bonds is 5. The number of nitrogens with zero attached hydrogens (tertiary/aromatic N) is 1. The van der Waals surface area contributed by atoms with E-state index in [1.54, 1.807) is 7.11 Å². The van der Waals surface area contributed by atoms with Crippen LogP contribution in [0.3, 0.4) is 0 Å². The first-order valence-corrected chi connectivity index (χ1v) is 9.55. The monoisotopic (exact) mass is 381 g/mol. The van der Waals surface area contributed by atoms with Crippen LogP contribution in [0.5, 0.6) is 0 Å². The molecule has 0 bridgehead atoms. The Kier molecular flexibility index (Phi) is 5.40. The fraction of sp³-hybridized carbons (Fsp3) is 0.800. The molecule has 0 aromatic rings. The van der Waals surface area contributed by atoms with Crippen LogP contribution in [0.15, 0.2) is 11.6 Å². The van der Waals surface area contributed by atoms with E-state index in [1.807, 2.05) is 0 Å². The van der Waals surface area contributed by atoms with Crippen molar-refractivity contribution in [1.29, 1.82) is 0 Å². The molecule has 1 unspecified atom stereocenters. The van der Waals surface area contributed by atoms with Crippen LogP contribution < -0.4 is 0 Å². The number of hydrogen-bond donors (Lipinski definition) is 0. The van der Waals surface area contributed by atoms with Crippen LogP contribution in [0.1, 0.15) is 40.0 Å². The van der Waals surface area contributed by atoms with Gasteiger partial charge >= 0.3 is 11.9 Å². The zero-order valence-electron chi connectivity index (χ0n) is 17.1. The summed E-state index contributed by atoms with van der Waals surface area (Å²) in [5, 5.41) is 0. The third-order valence-electron chi connectivity index (χ3n) is 6.08. The molecule has 3 aliphatic rings. The molecule has 2 saturated heterocycles. The zero-order chi connectivity index (χ0) is 20.0. The summed E-state index contributed by atoms with van der Waals surface area (Å²) in [6, 6.07) is 0. The van der Waals surface area contributed by atoms with Gasteiger partial charge in [0.05, 0.1) is 18.6 Å². The Hall–Kier alpha value is -1.44. The van der Waals surface area contributed by atoms with Gasteiger partial charge < -0.3 is 23.8 Å². The molecule has 1 amide bonds. The SMILES string of the molecule is CO[C@H]1[C@H](C2(C)O[C@@H]2CC=C(C)C)[C@]2(CC[C@H]1OC(=O)C(=O)N(C)C)CO2. The third-order valence-corrected chi connectivity index (χ3v) is 6.08. The Bertz CT molecular complexity index is 636. The lowest BCUT2D eigenvalue weighted by Crippen LogP contribution is -2.56. The number of carbonyl (C=O) groups excluding carboxylic acids is 2. The number of methoxy groups -OCH3 is 1. The van der Waals surface area contributed by atoms with Crippen molar-refractivity contribution in [3.05, 3.63) is 11.6 Å². The summed E-state index contributed by atoms with van der Waals surface area (Å²) in [4.78, 5) is 25.3. The molecule has 6 atom stereocenters. The Labute approximate surface area is 161 Å². The molecule has 3 fully saturated rings. The van der Waals surface area contributed by atoms with Gasteiger partial charge in [0.25, 0.3) is 0 Å². The fourth-order valence-electron chi connectivity index (χ4n) is 4.44. The van der Waals surface area contributed by atoms with E-state index in [4.69, 9.17) is 18.9 Å². The average molecular weight is 381 g/mol. The van der Waals surface area contributed by atoms with E-state index in [1.165, 1.54) is 24.6 Å². The summed E-state index contributed by atoms with van der Waals surface area (Å²) < 4.78 is 23.3. The second-order valence-electron chi connectivity index (χ2n) is 8.52. The highest BCUT2D eigenvalue weighted by molar-refractivity contribution is 6.32. The lowest BCUT2D eigenvalue weighted by atomic mass is 9.68. The van der Waals surface area contributed by atoms with Crippen LogP contribution in [0.25, 0.3) is 0 Å². The number of likely N-dealkylation sites (N-methyl/N-ethyl adjacent to an activating group) is 1. The topological polar surface area (TPSA) is 80.9 Å². The molecule has 0 aromatic heterocycles. The highest BCUT2D eigenvalue weighted by Gasteiger charge is 2.72. The summed E-state index contributed by atoms with van der Waals surface area (Å²) in [5.74, 6) is -1.56. The van der Waals surface area contributed by atoms with Crippen LogP contribution in [0, 0.1) is 5.92 Å². The van der Waals surface area contributed by atoms with Crippen LogP contribution in [0.4, 0.5) is 0 Å². The first kappa shape index (κ1) is 20.3. The van der Waals surface area contributed by atoms with Crippen LogP contribution in [-0.2, 0) is 28.5 Å². The first-order chi connectivity index (χ1) is 12.6. The molecule has 7 nitrogen and oxygen atoms in total. The largest absolute Gasteiger partial charge is 0.452 e. The van der Waals surface area contributed by atoms with Gasteiger partial charge in [-0.2, -0.15) is 0 Å². The van der Waals surface area contributed by atoms with Crippen molar-refractivity contribution in [2.75, 3.05) is 27.8 Å². The lowest BCUT2D eigenvalue weighted by Gasteiger charge is -2.42. The molecule has 2 aliphatic heterocycles. The van der Waals surface area contributed by atoms with Gasteiger partial charge in [0.1, 0.15) is 23.4 Å². The number of ether oxygens (including phenoxy) is 4. The Morgan fingerprint density at radius 3 is 2.48 bits per heavy atom. The number of amides is 1. The summed E-state index contributed by atoms with van der Waals surface area (Å²) in [6.45, 7) is 6.90. The Morgan fingerprint density at radius 2 is 1.96 bits per heavy atom. The number of hydrogen-bond acceptors (Lipinski definition) is 6. The maximum Gasteiger partial charge on any atom is 0.397 e. The van der Waals surface area contributed by atoms with Gasteiger partial charge in [0, 0.05) is 21.2 Å². The van der Waals surface area contributed by atoms with E-state index in [0.717, 1.165) is 12.8 Å². The molecular formula is C20H31NO6. The molecule has 0 radical (unpaired) electrons. The van der Waals surface area contributed by atoms with Gasteiger partial charge in [-0.3, -0.25) is 4.79 Å². The minimum absolute atomic E-state index is 0.0495. The first-order valence-electron chi connectivity index (χ1n) is 9.55. The number of allylic oxidation sites excluding steroid dienone is 1. The van der Waals surface area contributed by atoms with E-state index in [0.29, 0.717) is 13.0 Å². The molecule has 1 spiro atoms. The summed E-state index contributed by atoms with van der Waals surface area (Å²) in [7, 11) is 4.67. The Balaban J connectivity index is 1.76. The van der Waals surface area contributed by atoms with Gasteiger partial charge in [-0.25, -0.2) is 4.79 Å². The van der Waals surface area contributed by atoms with Crippen LogP contribution in [-0.4, -0.2) is 74.1 Å². The van der Waals surface area contributed by atoms with Gasteiger partial charge in [-0.15, -0.1) is 0 Å². The van der Waals surface area contributed by atoms with Crippen molar-refractivity contribution in [3.63, 3.8) is 0 Å². The zero-order valence-corrected chi connectivity index (χ0v) is 17.1. The molecule has 27 heavy (non-hydrogen) atoms. The Morgan fingerprint density at radius 1 is 1.30 bits per heavy atom. The quantitative estimate of drug-likeness (QED) is 0.312. The molecule has 1 saturated carbocycles. The number of esters is 1. The predicted octanol–water partition coefficient (Wildman–Crippen LogP) is 1.69. The maximum absolute atomic E-state index is 12.2. The van der Waals surface area contributed by atoms with Crippen molar-refractivity contribution in [3.8, 4) is 0 Å². The van der Waals surface area contributed by atoms with Gasteiger partial charge in [0.2, 0.25) is 0 Å². The van der Waals surface area contributed by atoms with E-state index in [9.17, 15) is 9.59 Å². The molecule has 1 aliphatic carbocycles. The van der Waals surface area contributed by atoms with Gasteiger partial charge in [-0.05, 0) is 40.0 Å². The van der Waals surface area contributed by atoms with E-state index in [2.05, 4.69) is 26.8 Å². The maximum atomic E-state index is 12.2. The normalized spacial score (nSPS) is 39.6. The highest BCUT2D eigenvalue weighted by Crippen LogP contribution is 2.59. The van der Waals surface area contributed by atoms with E-state index < -0.39 is 18.0 Å². The summed E-state index contributed by atoms with van der Waals surface area (Å²) in [5.41, 5.74) is 0.592. The number of epoxide rings is 2. The van der Waals surface area contributed by atoms with Crippen molar-refractivity contribution in [1.82, 2.24) is 4.90 Å². The molecule has 0 aromatic carbocycles. The van der Waals surface area contributed by atoms with Gasteiger partial charge in [0.15, 0.2) is 0 Å². The van der Waals surface area contributed by atoms with Gasteiger partial charge in [-0.1, -0.05) is 11.6 Å². The lowest BCUT2D eigenvalue weighted by molar-refractivity contribution is -0.178. The van der Waals surface area contributed by atoms with Crippen LogP contribution in [0.2, 0.25) is 0 Å². The fourth-order valence-corrected chi connectivity index (χ4v) is 4.44. The molecule has 7 heteroatoms. The second kappa shape index (κ2) is 7.18. The van der Waals surface area contributed by atoms with Crippen molar-refractivity contribution in [2.45, 2.75) is 69.5 Å². The van der Waals surface area contributed by atoms with Crippen molar-refractivity contribution >= 4 is 11.9 Å². The van der Waals surface area contributed by atoms with E-state index in [-0.39, 0.29) is 29.3 Å². The molecule has 152 valence electrons.